The molecule has 0 spiro atoms. The van der Waals surface area contributed by atoms with Crippen molar-refractivity contribution in [2.24, 2.45) is 11.5 Å². The maximum atomic E-state index is 13.1. The van der Waals surface area contributed by atoms with Crippen LogP contribution >= 0.6 is 45.3 Å². The van der Waals surface area contributed by atoms with Gasteiger partial charge >= 0.3 is 0 Å². The molecule has 19 heterocycles. The van der Waals surface area contributed by atoms with E-state index in [2.05, 4.69) is 116 Å². The van der Waals surface area contributed by atoms with Gasteiger partial charge in [0.15, 0.2) is 17.1 Å². The van der Waals surface area contributed by atoms with Gasteiger partial charge in [0, 0.05) is 165 Å². The Balaban J connectivity index is 0.000000106. The van der Waals surface area contributed by atoms with Crippen LogP contribution in [0.5, 0.6) is 11.5 Å². The number of anilines is 3. The Morgan fingerprint density at radius 3 is 1.27 bits per heavy atom. The number of piperidine rings is 2. The molecule has 14 aromatic heterocycles. The minimum Gasteiger partial charge on any atom is -0.493 e. The van der Waals surface area contributed by atoms with E-state index in [0.29, 0.717) is 80.2 Å². The molecule has 1 unspecified atom stereocenters. The third-order valence-electron chi connectivity index (χ3n) is 28.0. The van der Waals surface area contributed by atoms with Crippen molar-refractivity contribution in [1.29, 1.82) is 0 Å². The van der Waals surface area contributed by atoms with Gasteiger partial charge in [0.05, 0.1) is 126 Å². The molecular weight excluding hydrogens is 1870 g/mol. The molecule has 1 aliphatic carbocycles. The van der Waals surface area contributed by atoms with Crippen molar-refractivity contribution in [1.82, 2.24) is 87.2 Å². The van der Waals surface area contributed by atoms with E-state index in [1.807, 2.05) is 169 Å². The Bertz CT molecular complexity index is 8290. The number of thiazole rings is 4. The first-order valence-corrected chi connectivity index (χ1v) is 52.0. The van der Waals surface area contributed by atoms with Crippen molar-refractivity contribution in [2.75, 3.05) is 108 Å². The average Bonchev–Trinajstić information content (AvgIpc) is 1.35. The van der Waals surface area contributed by atoms with Gasteiger partial charge in [-0.25, -0.2) is 44.9 Å². The fourth-order valence-electron chi connectivity index (χ4n) is 19.9. The van der Waals surface area contributed by atoms with E-state index < -0.39 is 0 Å². The standard InChI is InChI=1S/C26H29N3O3.C22H23N5OS.C21H21N5OS.2C20H19N5OS/c1-17-13-20(18-9-11-28(12-10-18)21-5-4-6-21)16-29-25(30)15-22(27-26(17)29)19-7-8-23(31-2)24(14-19)32-3;1-14-23-18-6-4-15(10-20(18)29-14)19-11-22(28)27-13-17(5-7-21(27)24-19)26-9-8-16(12-26)25(2)3;1-13-23-17-4-2-14(10-19(17)28-13)18-11-21(27)26-12-16(3-5-20(26)24-18)25-8-6-15(22)7-9-25;1-12-22-16-4-2-13(8-18(16)27-12)17-9-20(26)25-11-15(3-5-19(25)23-17)24-7-6-14(21)10-24;1-12-22-16-3-2-14(10-18(16)27-12)17-11-20(26)25-19(23-17)5-4-15(24-25)13-6-8-21-9-7-13/h7-9,13-16,21H,4-6,10-12H2,1-3H3;4-7,10-11,13,16H,8-9,12H2,1-3H3;2-5,10-12,15H,6-9,22H2,1H3;2-5,8-9,11,14H,6-7,10,21H2,1H3;2-5,10-11,13,21H,6-9H2,1H3/t;16-;;;/m.0.../s1. The van der Waals surface area contributed by atoms with Crippen molar-refractivity contribution < 1.29 is 9.47 Å². The maximum absolute atomic E-state index is 13.1. The predicted octanol–water partition coefficient (Wildman–Crippen LogP) is 16.9. The first-order chi connectivity index (χ1) is 69.3. The van der Waals surface area contributed by atoms with Crippen molar-refractivity contribution in [3.8, 4) is 67.8 Å². The lowest BCUT2D eigenvalue weighted by molar-refractivity contribution is 0.141. The van der Waals surface area contributed by atoms with Gasteiger partial charge in [-0.2, -0.15) is 9.61 Å². The lowest BCUT2D eigenvalue weighted by atomic mass is 9.89. The van der Waals surface area contributed by atoms with Gasteiger partial charge in [-0.15, -0.1) is 45.3 Å². The van der Waals surface area contributed by atoms with Gasteiger partial charge in [0.25, 0.3) is 27.8 Å². The summed E-state index contributed by atoms with van der Waals surface area (Å²) in [5.41, 5.74) is 34.1. The van der Waals surface area contributed by atoms with E-state index in [9.17, 15) is 24.0 Å². The number of benzene rings is 5. The van der Waals surface area contributed by atoms with Crippen molar-refractivity contribution in [2.45, 2.75) is 129 Å². The molecule has 5 aliphatic heterocycles. The quantitative estimate of drug-likeness (QED) is 0.0910. The molecule has 30 nitrogen and oxygen atoms in total. The van der Waals surface area contributed by atoms with Gasteiger partial charge in [0.1, 0.15) is 22.6 Å². The Morgan fingerprint density at radius 1 is 0.392 bits per heavy atom. The minimum absolute atomic E-state index is 0.0595. The number of hydrogen-bond acceptors (Lipinski definition) is 29. The molecule has 728 valence electrons. The number of rotatable bonds is 14. The first kappa shape index (κ1) is 95.1. The van der Waals surface area contributed by atoms with Gasteiger partial charge < -0.3 is 45.9 Å². The Kier molecular flexibility index (Phi) is 27.1. The van der Waals surface area contributed by atoms with Gasteiger partial charge in [-0.3, -0.25) is 46.5 Å². The SMILES string of the molecule is COc1ccc(-c2cc(=O)n3cc(C4=CCN(C5CCC5)CC4)cc(C)c3n2)cc1OC.Cc1nc2ccc(-c3cc(=O)n4cc(N5CCC(N)C5)ccc4n3)cc2s1.Cc1nc2ccc(-c3cc(=O)n4cc(N5CCC(N)CC5)ccc4n3)cc2s1.Cc1nc2ccc(-c3cc(=O)n4cc(N5CC[C@H](N(C)C)C5)ccc4n3)cc2s1.Cc1nc2ccc(-c3cc(=O)n4nc(C5CCNCC5)ccc4n3)cc2s1. The highest BCUT2D eigenvalue weighted by molar-refractivity contribution is 7.19. The van der Waals surface area contributed by atoms with E-state index in [1.54, 1.807) is 108 Å². The summed E-state index contributed by atoms with van der Waals surface area (Å²) in [5, 5.41) is 12.1. The molecule has 1 saturated carbocycles. The molecule has 5 fully saturated rings. The normalized spacial score (nSPS) is 16.6. The summed E-state index contributed by atoms with van der Waals surface area (Å²) in [6, 6.07) is 57.4. The van der Waals surface area contributed by atoms with Crippen LogP contribution < -0.4 is 68.8 Å². The fraction of sp³-hybridized carbons (Fsp3) is 0.312. The number of hydrogen-bond donors (Lipinski definition) is 3. The number of methoxy groups -OCH3 is 2. The summed E-state index contributed by atoms with van der Waals surface area (Å²) in [5.74, 6) is 1.66. The molecule has 25 rings (SSSR count). The third kappa shape index (κ3) is 20.5. The Labute approximate surface area is 840 Å². The number of nitrogens with one attached hydrogen (secondary N) is 1. The minimum atomic E-state index is -0.147. The summed E-state index contributed by atoms with van der Waals surface area (Å²) in [7, 11) is 7.44. The molecule has 6 aliphatic rings. The lowest BCUT2D eigenvalue weighted by Crippen LogP contribution is -2.42. The molecule has 143 heavy (non-hydrogen) atoms. The van der Waals surface area contributed by atoms with Crippen LogP contribution in [-0.4, -0.2) is 200 Å². The number of pyridine rings is 4. The number of likely N-dealkylation sites (N-methyl/N-ethyl adjacent to an activating group) is 1. The van der Waals surface area contributed by atoms with E-state index in [4.69, 9.17) is 40.9 Å². The van der Waals surface area contributed by atoms with Crippen molar-refractivity contribution in [3.05, 3.63) is 295 Å². The van der Waals surface area contributed by atoms with Crippen LogP contribution in [0.15, 0.2) is 231 Å². The number of nitrogens with zero attached hydrogens (tertiary/aromatic N) is 20. The molecular formula is C109H111N23O7S4. The second-order valence-electron chi connectivity index (χ2n) is 37.9. The van der Waals surface area contributed by atoms with Gasteiger partial charge in [-0.05, 0) is 258 Å². The third-order valence-corrected chi connectivity index (χ3v) is 31.7. The smallest absolute Gasteiger partial charge is 0.275 e. The van der Waals surface area contributed by atoms with E-state index in [0.717, 1.165) is 239 Å². The van der Waals surface area contributed by atoms with E-state index in [-0.39, 0.29) is 39.9 Å². The lowest BCUT2D eigenvalue weighted by Gasteiger charge is -2.39. The van der Waals surface area contributed by atoms with Crippen LogP contribution in [0.4, 0.5) is 17.1 Å². The van der Waals surface area contributed by atoms with Crippen molar-refractivity contribution in [3.63, 3.8) is 0 Å². The van der Waals surface area contributed by atoms with Crippen LogP contribution in [0, 0.1) is 34.6 Å². The summed E-state index contributed by atoms with van der Waals surface area (Å²) >= 11 is 6.60. The molecule has 5 N–H and O–H groups in total. The number of aromatic nitrogens is 15. The molecule has 4 saturated heterocycles. The van der Waals surface area contributed by atoms with Crippen molar-refractivity contribution >= 4 is 137 Å². The summed E-state index contributed by atoms with van der Waals surface area (Å²) in [6.07, 6.45) is 21.2. The average molecular weight is 1980 g/mol. The first-order valence-electron chi connectivity index (χ1n) is 48.7. The summed E-state index contributed by atoms with van der Waals surface area (Å²) in [4.78, 5) is 118. The summed E-state index contributed by atoms with van der Waals surface area (Å²) < 4.78 is 23.1. The van der Waals surface area contributed by atoms with Gasteiger partial charge in [-0.1, -0.05) is 36.8 Å². The van der Waals surface area contributed by atoms with Crippen LogP contribution in [0.2, 0.25) is 0 Å². The van der Waals surface area contributed by atoms with Gasteiger partial charge in [0.2, 0.25) is 0 Å². The highest BCUT2D eigenvalue weighted by atomic mass is 32.1. The van der Waals surface area contributed by atoms with Crippen LogP contribution in [0.3, 0.4) is 0 Å². The Hall–Kier alpha value is -14.1. The highest BCUT2D eigenvalue weighted by Crippen LogP contribution is 2.38. The zero-order valence-corrected chi connectivity index (χ0v) is 84.5. The maximum Gasteiger partial charge on any atom is 0.275 e. The topological polar surface area (TPSA) is 335 Å². The van der Waals surface area contributed by atoms with E-state index >= 15 is 0 Å². The van der Waals surface area contributed by atoms with Crippen LogP contribution in [-0.2, 0) is 0 Å². The molecule has 19 aromatic rings. The number of nitrogens with two attached hydrogens (primary N) is 2. The van der Waals surface area contributed by atoms with E-state index in [1.165, 1.54) is 29.4 Å². The molecule has 5 aromatic carbocycles. The van der Waals surface area contributed by atoms with Crippen LogP contribution in [0.25, 0.3) is 131 Å². The monoisotopic (exact) mass is 1980 g/mol. The second-order valence-corrected chi connectivity index (χ2v) is 42.8. The fourth-order valence-corrected chi connectivity index (χ4v) is 23.3. The number of fused-ring (bicyclic) bond motifs is 9. The zero-order valence-electron chi connectivity index (χ0n) is 81.2. The largest absolute Gasteiger partial charge is 0.493 e. The molecule has 0 bridgehead atoms. The predicted molar refractivity (Wildman–Crippen MR) is 577 cm³/mol. The number of aryl methyl sites for hydroxylation is 5. The molecule has 34 heteroatoms. The molecule has 0 amide bonds. The van der Waals surface area contributed by atoms with Crippen LogP contribution in [0.1, 0.15) is 107 Å². The Morgan fingerprint density at radius 2 is 0.818 bits per heavy atom. The highest BCUT2D eigenvalue weighted by Gasteiger charge is 2.30. The second kappa shape index (κ2) is 40.7. The molecule has 2 atom stereocenters. The number of ether oxygens (including phenoxy) is 2. The molecule has 0 radical (unpaired) electrons. The summed E-state index contributed by atoms with van der Waals surface area (Å²) in [6.45, 7) is 19.7. The zero-order chi connectivity index (χ0) is 98.5.